The van der Waals surface area contributed by atoms with E-state index in [9.17, 15) is 0 Å². The Morgan fingerprint density at radius 1 is 0.857 bits per heavy atom. The van der Waals surface area contributed by atoms with Crippen molar-refractivity contribution in [2.45, 2.75) is 18.8 Å². The van der Waals surface area contributed by atoms with Crippen LogP contribution in [0.3, 0.4) is 0 Å². The number of ether oxygens (including phenoxy) is 3. The van der Waals surface area contributed by atoms with Crippen molar-refractivity contribution in [2.75, 3.05) is 19.7 Å². The van der Waals surface area contributed by atoms with E-state index in [0.29, 0.717) is 13.2 Å². The van der Waals surface area contributed by atoms with Crippen LogP contribution in [0.1, 0.15) is 17.2 Å². The average molecular weight is 375 g/mol. The van der Waals surface area contributed by atoms with Crippen LogP contribution in [-0.4, -0.2) is 25.8 Å². The molecular weight excluding hydrogens is 350 g/mol. The van der Waals surface area contributed by atoms with Crippen molar-refractivity contribution in [2.24, 2.45) is 0 Å². The maximum Gasteiger partial charge on any atom is 0.162 e. The van der Waals surface area contributed by atoms with Crippen LogP contribution < -0.4 is 14.8 Å². The van der Waals surface area contributed by atoms with Crippen LogP contribution >= 0.6 is 0 Å². The number of benzene rings is 3. The zero-order chi connectivity index (χ0) is 19.0. The molecule has 3 aromatic carbocycles. The molecule has 1 N–H and O–H groups in total. The first kappa shape index (κ1) is 18.5. The molecule has 3 aromatic rings. The van der Waals surface area contributed by atoms with Gasteiger partial charge in [0.2, 0.25) is 0 Å². The van der Waals surface area contributed by atoms with Gasteiger partial charge in [-0.1, -0.05) is 72.8 Å². The number of hydrogen-bond acceptors (Lipinski definition) is 4. The third-order valence-corrected chi connectivity index (χ3v) is 4.76. The lowest BCUT2D eigenvalue weighted by Crippen LogP contribution is -2.43. The van der Waals surface area contributed by atoms with Gasteiger partial charge >= 0.3 is 0 Å². The normalized spacial score (nSPS) is 17.6. The van der Waals surface area contributed by atoms with E-state index in [1.165, 1.54) is 0 Å². The zero-order valence-corrected chi connectivity index (χ0v) is 15.8. The van der Waals surface area contributed by atoms with Gasteiger partial charge in [0.05, 0.1) is 6.61 Å². The Morgan fingerprint density at radius 2 is 1.54 bits per heavy atom. The SMILES string of the molecule is c1ccc(COc2ccccc2O[C@@H](c2ccccc2)[C@@H]2CNCCO2)cc1. The topological polar surface area (TPSA) is 39.7 Å². The lowest BCUT2D eigenvalue weighted by atomic mass is 10.0. The molecule has 0 amide bonds. The van der Waals surface area contributed by atoms with Crippen molar-refractivity contribution in [3.05, 3.63) is 96.1 Å². The fraction of sp³-hybridized carbons (Fsp3) is 0.250. The van der Waals surface area contributed by atoms with Crippen LogP contribution in [0.25, 0.3) is 0 Å². The fourth-order valence-corrected chi connectivity index (χ4v) is 3.32. The summed E-state index contributed by atoms with van der Waals surface area (Å²) in [6.07, 6.45) is -0.270. The molecule has 1 aliphatic rings. The predicted molar refractivity (Wildman–Crippen MR) is 110 cm³/mol. The van der Waals surface area contributed by atoms with Gasteiger partial charge in [-0.25, -0.2) is 0 Å². The Bertz CT molecular complexity index is 848. The number of morpholine rings is 1. The number of rotatable bonds is 7. The highest BCUT2D eigenvalue weighted by Gasteiger charge is 2.28. The second-order valence-electron chi connectivity index (χ2n) is 6.78. The highest BCUT2D eigenvalue weighted by Crippen LogP contribution is 2.34. The van der Waals surface area contributed by atoms with E-state index in [0.717, 1.165) is 35.7 Å². The molecular formula is C24H25NO3. The minimum atomic E-state index is -0.213. The van der Waals surface area contributed by atoms with E-state index < -0.39 is 0 Å². The zero-order valence-electron chi connectivity index (χ0n) is 15.8. The average Bonchev–Trinajstić information content (AvgIpc) is 2.78. The van der Waals surface area contributed by atoms with Gasteiger partial charge in [0.25, 0.3) is 0 Å². The summed E-state index contributed by atoms with van der Waals surface area (Å²) in [6, 6.07) is 28.2. The van der Waals surface area contributed by atoms with Crippen LogP contribution in [0.4, 0.5) is 0 Å². The number of para-hydroxylation sites is 2. The summed E-state index contributed by atoms with van der Waals surface area (Å²) in [5, 5.41) is 3.40. The van der Waals surface area contributed by atoms with Gasteiger partial charge < -0.3 is 19.5 Å². The standard InChI is InChI=1S/C24H25NO3/c1-3-9-19(10-4-1)18-27-21-13-7-8-14-22(21)28-24(20-11-5-2-6-12-20)23-17-25-15-16-26-23/h1-14,23-25H,15-18H2/t23-,24-/m0/s1. The van der Waals surface area contributed by atoms with Crippen LogP contribution in [0.15, 0.2) is 84.9 Å². The minimum absolute atomic E-state index is 0.0571. The van der Waals surface area contributed by atoms with Gasteiger partial charge in [0.1, 0.15) is 12.7 Å². The lowest BCUT2D eigenvalue weighted by molar-refractivity contribution is -0.0440. The Balaban J connectivity index is 1.54. The summed E-state index contributed by atoms with van der Waals surface area (Å²) in [4.78, 5) is 0. The van der Waals surface area contributed by atoms with Crippen molar-refractivity contribution < 1.29 is 14.2 Å². The maximum atomic E-state index is 6.47. The molecule has 1 saturated heterocycles. The molecule has 1 heterocycles. The molecule has 28 heavy (non-hydrogen) atoms. The second-order valence-corrected chi connectivity index (χ2v) is 6.78. The predicted octanol–water partition coefficient (Wildman–Crippen LogP) is 4.37. The highest BCUT2D eigenvalue weighted by molar-refractivity contribution is 5.40. The molecule has 144 valence electrons. The highest BCUT2D eigenvalue weighted by atomic mass is 16.6. The molecule has 0 bridgehead atoms. The molecule has 0 aliphatic carbocycles. The summed E-state index contributed by atoms with van der Waals surface area (Å²) in [6.45, 7) is 2.81. The molecule has 1 fully saturated rings. The van der Waals surface area contributed by atoms with E-state index in [4.69, 9.17) is 14.2 Å². The monoisotopic (exact) mass is 375 g/mol. The molecule has 0 radical (unpaired) electrons. The van der Waals surface area contributed by atoms with E-state index in [2.05, 4.69) is 29.6 Å². The van der Waals surface area contributed by atoms with E-state index in [1.807, 2.05) is 60.7 Å². The summed E-state index contributed by atoms with van der Waals surface area (Å²) in [5.41, 5.74) is 2.21. The molecule has 4 nitrogen and oxygen atoms in total. The van der Waals surface area contributed by atoms with Crippen LogP contribution in [0, 0.1) is 0 Å². The first-order chi connectivity index (χ1) is 13.9. The van der Waals surface area contributed by atoms with Crippen molar-refractivity contribution >= 4 is 0 Å². The summed E-state index contributed by atoms with van der Waals surface area (Å²) < 4.78 is 18.5. The second kappa shape index (κ2) is 9.40. The Kier molecular flexibility index (Phi) is 6.22. The molecule has 0 saturated carbocycles. The first-order valence-electron chi connectivity index (χ1n) is 9.70. The summed E-state index contributed by atoms with van der Waals surface area (Å²) >= 11 is 0. The first-order valence-corrected chi connectivity index (χ1v) is 9.70. The quantitative estimate of drug-likeness (QED) is 0.665. The van der Waals surface area contributed by atoms with Crippen molar-refractivity contribution in [3.63, 3.8) is 0 Å². The molecule has 0 aromatic heterocycles. The Morgan fingerprint density at radius 3 is 2.25 bits per heavy atom. The minimum Gasteiger partial charge on any atom is -0.485 e. The van der Waals surface area contributed by atoms with E-state index in [-0.39, 0.29) is 12.2 Å². The van der Waals surface area contributed by atoms with Gasteiger partial charge in [-0.2, -0.15) is 0 Å². The van der Waals surface area contributed by atoms with Gasteiger partial charge in [-0.05, 0) is 23.3 Å². The van der Waals surface area contributed by atoms with E-state index >= 15 is 0 Å². The molecule has 4 heteroatoms. The number of nitrogens with one attached hydrogen (secondary N) is 1. The summed E-state index contributed by atoms with van der Waals surface area (Å²) in [5.74, 6) is 1.46. The Labute approximate surface area is 166 Å². The molecule has 0 spiro atoms. The maximum absolute atomic E-state index is 6.47. The summed E-state index contributed by atoms with van der Waals surface area (Å²) in [7, 11) is 0. The van der Waals surface area contributed by atoms with Gasteiger partial charge in [0.15, 0.2) is 17.6 Å². The van der Waals surface area contributed by atoms with E-state index in [1.54, 1.807) is 0 Å². The molecule has 0 unspecified atom stereocenters. The van der Waals surface area contributed by atoms with Gasteiger partial charge in [-0.15, -0.1) is 0 Å². The Hall–Kier alpha value is -2.82. The smallest absolute Gasteiger partial charge is 0.162 e. The number of hydrogen-bond donors (Lipinski definition) is 1. The fourth-order valence-electron chi connectivity index (χ4n) is 3.32. The lowest BCUT2D eigenvalue weighted by Gasteiger charge is -2.32. The van der Waals surface area contributed by atoms with Crippen LogP contribution in [-0.2, 0) is 11.3 Å². The largest absolute Gasteiger partial charge is 0.485 e. The third kappa shape index (κ3) is 4.71. The van der Waals surface area contributed by atoms with Gasteiger partial charge in [-0.3, -0.25) is 0 Å². The molecule has 2 atom stereocenters. The van der Waals surface area contributed by atoms with Crippen molar-refractivity contribution in [1.29, 1.82) is 0 Å². The van der Waals surface area contributed by atoms with Crippen LogP contribution in [0.2, 0.25) is 0 Å². The van der Waals surface area contributed by atoms with Gasteiger partial charge in [0, 0.05) is 13.1 Å². The van der Waals surface area contributed by atoms with Crippen molar-refractivity contribution in [1.82, 2.24) is 5.32 Å². The van der Waals surface area contributed by atoms with Crippen LogP contribution in [0.5, 0.6) is 11.5 Å². The third-order valence-electron chi connectivity index (χ3n) is 4.76. The molecule has 1 aliphatic heterocycles. The molecule has 4 rings (SSSR count). The van der Waals surface area contributed by atoms with Crippen molar-refractivity contribution in [3.8, 4) is 11.5 Å².